The minimum absolute atomic E-state index is 0.0379. The van der Waals surface area contributed by atoms with Gasteiger partial charge in [-0.25, -0.2) is 4.79 Å². The standard InChI is InChI=1S/C24H26N2O6/c1-6-31-24(30)21-20(15(4)27)16(5)32-23(21)25-18(28)10-11-26-19(29)12-14(3)17-9-7-8-13(2)22(17)26/h7-9,12H,6,10-11H2,1-5H3,(H,25,28). The highest BCUT2D eigenvalue weighted by Crippen LogP contribution is 2.29. The lowest BCUT2D eigenvalue weighted by Crippen LogP contribution is -2.24. The number of hydrogen-bond acceptors (Lipinski definition) is 6. The number of aromatic nitrogens is 1. The van der Waals surface area contributed by atoms with E-state index in [1.165, 1.54) is 13.8 Å². The second-order valence-electron chi connectivity index (χ2n) is 7.60. The average molecular weight is 438 g/mol. The first-order chi connectivity index (χ1) is 15.1. The van der Waals surface area contributed by atoms with Gasteiger partial charge in [0.25, 0.3) is 5.56 Å². The molecule has 0 aliphatic rings. The van der Waals surface area contributed by atoms with Gasteiger partial charge < -0.3 is 13.7 Å². The van der Waals surface area contributed by atoms with Crippen LogP contribution in [0.25, 0.3) is 10.9 Å². The van der Waals surface area contributed by atoms with Crippen molar-refractivity contribution < 1.29 is 23.5 Å². The molecule has 3 aromatic rings. The maximum atomic E-state index is 12.7. The van der Waals surface area contributed by atoms with Crippen molar-refractivity contribution in [1.82, 2.24) is 4.57 Å². The van der Waals surface area contributed by atoms with Crippen molar-refractivity contribution in [1.29, 1.82) is 0 Å². The quantitative estimate of drug-likeness (QED) is 0.442. The number of ether oxygens (including phenoxy) is 1. The summed E-state index contributed by atoms with van der Waals surface area (Å²) in [7, 11) is 0. The van der Waals surface area contributed by atoms with Crippen molar-refractivity contribution in [2.24, 2.45) is 0 Å². The molecule has 0 radical (unpaired) electrons. The third-order valence-electron chi connectivity index (χ3n) is 5.27. The van der Waals surface area contributed by atoms with Gasteiger partial charge in [0.05, 0.1) is 17.7 Å². The third-order valence-corrected chi connectivity index (χ3v) is 5.27. The number of Topliss-reactive ketones (excluding diaryl/α,β-unsaturated/α-hetero) is 1. The van der Waals surface area contributed by atoms with Gasteiger partial charge in [0, 0.05) is 24.4 Å². The Bertz CT molecular complexity index is 1280. The molecule has 0 fully saturated rings. The molecule has 0 aliphatic carbocycles. The van der Waals surface area contributed by atoms with Crippen LogP contribution in [-0.2, 0) is 16.1 Å². The van der Waals surface area contributed by atoms with Crippen LogP contribution in [0.2, 0.25) is 0 Å². The number of aryl methyl sites for hydroxylation is 4. The number of pyridine rings is 1. The molecule has 8 nitrogen and oxygen atoms in total. The fourth-order valence-electron chi connectivity index (χ4n) is 3.87. The van der Waals surface area contributed by atoms with Crippen molar-refractivity contribution >= 4 is 34.4 Å². The number of anilines is 1. The van der Waals surface area contributed by atoms with E-state index in [2.05, 4.69) is 5.32 Å². The Hall–Kier alpha value is -3.68. The zero-order valence-corrected chi connectivity index (χ0v) is 18.8. The normalized spacial score (nSPS) is 10.9. The molecule has 0 bridgehead atoms. The van der Waals surface area contributed by atoms with Crippen LogP contribution in [-0.4, -0.2) is 28.8 Å². The van der Waals surface area contributed by atoms with Crippen LogP contribution in [0.15, 0.2) is 33.5 Å². The Morgan fingerprint density at radius 1 is 1.09 bits per heavy atom. The van der Waals surface area contributed by atoms with Gasteiger partial charge in [-0.2, -0.15) is 0 Å². The van der Waals surface area contributed by atoms with E-state index in [1.54, 1.807) is 17.6 Å². The summed E-state index contributed by atoms with van der Waals surface area (Å²) in [6.45, 7) is 8.53. The number of esters is 1. The number of para-hydroxylation sites is 1. The molecular weight excluding hydrogens is 412 g/mol. The first-order valence-corrected chi connectivity index (χ1v) is 10.4. The third kappa shape index (κ3) is 4.34. The fourth-order valence-corrected chi connectivity index (χ4v) is 3.87. The highest BCUT2D eigenvalue weighted by molar-refractivity contribution is 6.10. The lowest BCUT2D eigenvalue weighted by atomic mass is 10.1. The number of benzene rings is 1. The summed E-state index contributed by atoms with van der Waals surface area (Å²) in [5, 5.41) is 3.50. The summed E-state index contributed by atoms with van der Waals surface area (Å²) in [6.07, 6.45) is -0.0379. The largest absolute Gasteiger partial charge is 0.462 e. The van der Waals surface area contributed by atoms with Crippen molar-refractivity contribution in [3.05, 3.63) is 62.6 Å². The lowest BCUT2D eigenvalue weighted by Gasteiger charge is -2.14. The minimum Gasteiger partial charge on any atom is -0.462 e. The Labute approximate surface area is 185 Å². The Morgan fingerprint density at radius 3 is 2.47 bits per heavy atom. The highest BCUT2D eigenvalue weighted by atomic mass is 16.5. The number of rotatable bonds is 7. The molecule has 8 heteroatoms. The number of fused-ring (bicyclic) bond motifs is 1. The smallest absolute Gasteiger partial charge is 0.344 e. The highest BCUT2D eigenvalue weighted by Gasteiger charge is 2.28. The molecule has 1 N–H and O–H groups in total. The fraction of sp³-hybridized carbons (Fsp3) is 0.333. The van der Waals surface area contributed by atoms with Gasteiger partial charge >= 0.3 is 5.97 Å². The van der Waals surface area contributed by atoms with Crippen molar-refractivity contribution in [2.45, 2.75) is 47.6 Å². The molecule has 0 spiro atoms. The maximum Gasteiger partial charge on any atom is 0.344 e. The van der Waals surface area contributed by atoms with Crippen molar-refractivity contribution in [2.75, 3.05) is 11.9 Å². The molecule has 2 aromatic heterocycles. The Morgan fingerprint density at radius 2 is 1.81 bits per heavy atom. The number of nitrogens with one attached hydrogen (secondary N) is 1. The van der Waals surface area contributed by atoms with E-state index in [1.807, 2.05) is 32.0 Å². The molecule has 32 heavy (non-hydrogen) atoms. The average Bonchev–Trinajstić information content (AvgIpc) is 3.04. The Balaban J connectivity index is 1.89. The van der Waals surface area contributed by atoms with Gasteiger partial charge in [-0.15, -0.1) is 0 Å². The molecule has 0 saturated carbocycles. The topological polar surface area (TPSA) is 108 Å². The van der Waals surface area contributed by atoms with E-state index < -0.39 is 11.9 Å². The van der Waals surface area contributed by atoms with E-state index in [0.717, 1.165) is 22.0 Å². The van der Waals surface area contributed by atoms with Gasteiger partial charge in [-0.1, -0.05) is 18.2 Å². The van der Waals surface area contributed by atoms with Crippen molar-refractivity contribution in [3.8, 4) is 0 Å². The molecule has 168 valence electrons. The molecule has 3 rings (SSSR count). The number of carbonyl (C=O) groups is 3. The van der Waals surface area contributed by atoms with Crippen LogP contribution in [0.5, 0.6) is 0 Å². The summed E-state index contributed by atoms with van der Waals surface area (Å²) in [6, 6.07) is 7.33. The number of amides is 1. The first kappa shape index (κ1) is 23.0. The maximum absolute atomic E-state index is 12.7. The molecule has 1 aromatic carbocycles. The second-order valence-corrected chi connectivity index (χ2v) is 7.60. The molecule has 0 aliphatic heterocycles. The molecule has 2 heterocycles. The van der Waals surface area contributed by atoms with Gasteiger partial charge in [0.2, 0.25) is 11.8 Å². The summed E-state index contributed by atoms with van der Waals surface area (Å²) >= 11 is 0. The van der Waals surface area contributed by atoms with Gasteiger partial charge in [0.15, 0.2) is 5.78 Å². The minimum atomic E-state index is -0.749. The van der Waals surface area contributed by atoms with Gasteiger partial charge in [-0.3, -0.25) is 19.7 Å². The van der Waals surface area contributed by atoms with Crippen LogP contribution < -0.4 is 10.9 Å². The molecular formula is C24H26N2O6. The van der Waals surface area contributed by atoms with E-state index in [0.29, 0.717) is 0 Å². The van der Waals surface area contributed by atoms with E-state index in [4.69, 9.17) is 9.15 Å². The Kier molecular flexibility index (Phi) is 6.62. The number of hydrogen-bond donors (Lipinski definition) is 1. The molecule has 0 unspecified atom stereocenters. The predicted molar refractivity (Wildman–Crippen MR) is 120 cm³/mol. The van der Waals surface area contributed by atoms with Crippen LogP contribution in [0.3, 0.4) is 0 Å². The van der Waals surface area contributed by atoms with Gasteiger partial charge in [0.1, 0.15) is 11.3 Å². The van der Waals surface area contributed by atoms with E-state index in [-0.39, 0.29) is 53.7 Å². The lowest BCUT2D eigenvalue weighted by molar-refractivity contribution is -0.116. The van der Waals surface area contributed by atoms with Crippen molar-refractivity contribution in [3.63, 3.8) is 0 Å². The molecule has 1 amide bonds. The van der Waals surface area contributed by atoms with Crippen LogP contribution in [0, 0.1) is 20.8 Å². The predicted octanol–water partition coefficient (Wildman–Crippen LogP) is 3.93. The first-order valence-electron chi connectivity index (χ1n) is 10.4. The molecule has 0 atom stereocenters. The zero-order chi connectivity index (χ0) is 23.6. The number of carbonyl (C=O) groups excluding carboxylic acids is 3. The van der Waals surface area contributed by atoms with E-state index in [9.17, 15) is 19.2 Å². The summed E-state index contributed by atoms with van der Waals surface area (Å²) in [4.78, 5) is 49.7. The zero-order valence-electron chi connectivity index (χ0n) is 18.8. The summed E-state index contributed by atoms with van der Waals surface area (Å²) in [5.41, 5.74) is 2.37. The van der Waals surface area contributed by atoms with Crippen LogP contribution >= 0.6 is 0 Å². The summed E-state index contributed by atoms with van der Waals surface area (Å²) in [5.74, 6) is -1.50. The summed E-state index contributed by atoms with van der Waals surface area (Å²) < 4.78 is 12.1. The number of nitrogens with zero attached hydrogens (tertiary/aromatic N) is 1. The SMILES string of the molecule is CCOC(=O)c1c(NC(=O)CCn2c(=O)cc(C)c3cccc(C)c32)oc(C)c1C(C)=O. The monoisotopic (exact) mass is 438 g/mol. The van der Waals surface area contributed by atoms with Gasteiger partial charge in [-0.05, 0) is 45.7 Å². The second kappa shape index (κ2) is 9.21. The van der Waals surface area contributed by atoms with Crippen LogP contribution in [0.1, 0.15) is 57.9 Å². The van der Waals surface area contributed by atoms with E-state index >= 15 is 0 Å². The molecule has 0 saturated heterocycles. The number of ketones is 1. The number of furan rings is 1. The van der Waals surface area contributed by atoms with Crippen LogP contribution in [0.4, 0.5) is 5.88 Å².